The van der Waals surface area contributed by atoms with Gasteiger partial charge in [-0.3, -0.25) is 0 Å². The van der Waals surface area contributed by atoms with Gasteiger partial charge >= 0.3 is 0 Å². The normalized spacial score (nSPS) is 11.7. The number of halogens is 6. The van der Waals surface area contributed by atoms with Crippen LogP contribution in [0.4, 0.5) is 37.7 Å². The monoisotopic (exact) mass is 306 g/mol. The number of hydrogen-bond acceptors (Lipinski definition) is 3. The van der Waals surface area contributed by atoms with Crippen molar-refractivity contribution < 1.29 is 30.8 Å². The molecule has 3 rings (SSSR count). The first-order valence-corrected chi connectivity index (χ1v) is 5.37. The first-order valence-electron chi connectivity index (χ1n) is 5.37. The zero-order valence-electron chi connectivity index (χ0n) is 9.83. The third-order valence-electron chi connectivity index (χ3n) is 3.08. The summed E-state index contributed by atoms with van der Waals surface area (Å²) in [6.07, 6.45) is 0. The highest BCUT2D eigenvalue weighted by Crippen LogP contribution is 2.41. The lowest BCUT2D eigenvalue weighted by Gasteiger charge is -2.03. The van der Waals surface area contributed by atoms with E-state index in [1.54, 1.807) is 0 Å². The molecular formula is C12H4F6N2O. The maximum atomic E-state index is 13.9. The van der Waals surface area contributed by atoms with Gasteiger partial charge in [0.05, 0.1) is 10.8 Å². The van der Waals surface area contributed by atoms with E-state index in [-0.39, 0.29) is 0 Å². The van der Waals surface area contributed by atoms with Gasteiger partial charge in [-0.25, -0.2) is 22.0 Å². The van der Waals surface area contributed by atoms with E-state index in [0.717, 1.165) is 0 Å². The van der Waals surface area contributed by atoms with Crippen molar-refractivity contribution in [2.45, 2.75) is 0 Å². The summed E-state index contributed by atoms with van der Waals surface area (Å²) in [5.41, 5.74) is 5.30. The second kappa shape index (κ2) is 3.96. The van der Waals surface area contributed by atoms with Crippen LogP contribution in [0, 0.1) is 34.9 Å². The van der Waals surface area contributed by atoms with Crippen LogP contribution < -0.4 is 11.5 Å². The number of furan rings is 1. The van der Waals surface area contributed by atoms with Gasteiger partial charge in [0.25, 0.3) is 0 Å². The Balaban J connectivity index is 2.73. The molecule has 0 atom stereocenters. The Bertz CT molecular complexity index is 859. The molecule has 9 heteroatoms. The average molecular weight is 306 g/mol. The van der Waals surface area contributed by atoms with Gasteiger partial charge in [0, 0.05) is 0 Å². The van der Waals surface area contributed by atoms with Crippen LogP contribution in [0.5, 0.6) is 0 Å². The minimum Gasteiger partial charge on any atom is -0.449 e. The van der Waals surface area contributed by atoms with E-state index in [0.29, 0.717) is 0 Å². The van der Waals surface area contributed by atoms with E-state index in [4.69, 9.17) is 11.5 Å². The largest absolute Gasteiger partial charge is 0.449 e. The maximum Gasteiger partial charge on any atom is 0.204 e. The number of hydrogen-bond donors (Lipinski definition) is 2. The second-order valence-corrected chi connectivity index (χ2v) is 4.22. The van der Waals surface area contributed by atoms with E-state index in [1.165, 1.54) is 0 Å². The van der Waals surface area contributed by atoms with Crippen LogP contribution in [0.2, 0.25) is 0 Å². The van der Waals surface area contributed by atoms with Gasteiger partial charge in [-0.2, -0.15) is 4.39 Å². The highest BCUT2D eigenvalue weighted by molar-refractivity contribution is 6.08. The Kier molecular flexibility index (Phi) is 2.53. The van der Waals surface area contributed by atoms with Crippen molar-refractivity contribution in [1.29, 1.82) is 0 Å². The summed E-state index contributed by atoms with van der Waals surface area (Å²) in [5.74, 6) is -10.2. The van der Waals surface area contributed by atoms with Gasteiger partial charge in [0.1, 0.15) is 11.4 Å². The minimum absolute atomic E-state index is 1.00. The van der Waals surface area contributed by atoms with Gasteiger partial charge in [0.2, 0.25) is 5.82 Å². The van der Waals surface area contributed by atoms with E-state index in [2.05, 4.69) is 4.42 Å². The molecule has 110 valence electrons. The zero-order valence-corrected chi connectivity index (χ0v) is 9.83. The molecule has 1 aromatic heterocycles. The molecule has 2 aromatic carbocycles. The summed E-state index contributed by atoms with van der Waals surface area (Å²) in [6, 6.07) is 0. The van der Waals surface area contributed by atoms with Crippen LogP contribution in [0.1, 0.15) is 0 Å². The van der Waals surface area contributed by atoms with Crippen molar-refractivity contribution in [1.82, 2.24) is 0 Å². The Morgan fingerprint density at radius 2 is 0.952 bits per heavy atom. The smallest absolute Gasteiger partial charge is 0.204 e. The van der Waals surface area contributed by atoms with E-state index in [1.807, 2.05) is 0 Å². The molecule has 0 radical (unpaired) electrons. The van der Waals surface area contributed by atoms with Gasteiger partial charge in [-0.1, -0.05) is 0 Å². The average Bonchev–Trinajstić information content (AvgIpc) is 2.87. The van der Waals surface area contributed by atoms with Crippen molar-refractivity contribution in [3.8, 4) is 0 Å². The summed E-state index contributed by atoms with van der Waals surface area (Å²) in [7, 11) is 0. The van der Waals surface area contributed by atoms with Crippen LogP contribution in [0.3, 0.4) is 0 Å². The van der Waals surface area contributed by atoms with Crippen molar-refractivity contribution >= 4 is 33.3 Å². The fourth-order valence-corrected chi connectivity index (χ4v) is 2.05. The molecular weight excluding hydrogens is 302 g/mol. The quantitative estimate of drug-likeness (QED) is 0.379. The number of nitrogen functional groups attached to an aromatic ring is 2. The fourth-order valence-electron chi connectivity index (χ4n) is 2.05. The van der Waals surface area contributed by atoms with Crippen molar-refractivity contribution in [3.05, 3.63) is 34.9 Å². The Morgan fingerprint density at radius 1 is 0.524 bits per heavy atom. The Hall–Kier alpha value is -2.58. The molecule has 0 saturated heterocycles. The molecule has 4 N–H and O–H groups in total. The van der Waals surface area contributed by atoms with Crippen LogP contribution in [-0.2, 0) is 0 Å². The topological polar surface area (TPSA) is 65.2 Å². The number of benzene rings is 2. The molecule has 0 aliphatic heterocycles. The van der Waals surface area contributed by atoms with Crippen molar-refractivity contribution in [3.63, 3.8) is 0 Å². The number of fused-ring (bicyclic) bond motifs is 3. The van der Waals surface area contributed by atoms with Gasteiger partial charge in [-0.15, -0.1) is 0 Å². The van der Waals surface area contributed by atoms with Gasteiger partial charge in [0.15, 0.2) is 40.3 Å². The summed E-state index contributed by atoms with van der Waals surface area (Å²) < 4.78 is 86.5. The molecule has 0 amide bonds. The summed E-state index contributed by atoms with van der Waals surface area (Å²) in [6.45, 7) is 0. The first kappa shape index (κ1) is 13.4. The molecule has 1 heterocycles. The molecule has 0 saturated carbocycles. The van der Waals surface area contributed by atoms with E-state index in [9.17, 15) is 26.3 Å². The molecule has 0 aliphatic carbocycles. The molecule has 3 nitrogen and oxygen atoms in total. The van der Waals surface area contributed by atoms with Gasteiger partial charge in [-0.05, 0) is 0 Å². The molecule has 0 unspecified atom stereocenters. The molecule has 21 heavy (non-hydrogen) atoms. The van der Waals surface area contributed by atoms with Crippen molar-refractivity contribution in [2.75, 3.05) is 11.5 Å². The lowest BCUT2D eigenvalue weighted by Crippen LogP contribution is -2.01. The van der Waals surface area contributed by atoms with Crippen LogP contribution in [-0.4, -0.2) is 0 Å². The summed E-state index contributed by atoms with van der Waals surface area (Å²) >= 11 is 0. The molecule has 0 bridgehead atoms. The lowest BCUT2D eigenvalue weighted by molar-refractivity contribution is 0.487. The van der Waals surface area contributed by atoms with Crippen LogP contribution >= 0.6 is 0 Å². The lowest BCUT2D eigenvalue weighted by atomic mass is 10.1. The maximum absolute atomic E-state index is 13.9. The zero-order chi connectivity index (χ0) is 15.6. The van der Waals surface area contributed by atoms with E-state index < -0.39 is 68.2 Å². The molecule has 3 aromatic rings. The predicted octanol–water partition coefficient (Wildman–Crippen LogP) is 3.58. The van der Waals surface area contributed by atoms with Crippen LogP contribution in [0.25, 0.3) is 21.9 Å². The fraction of sp³-hybridized carbons (Fsp3) is 0. The third kappa shape index (κ3) is 1.45. The molecule has 0 spiro atoms. The van der Waals surface area contributed by atoms with Crippen molar-refractivity contribution in [2.24, 2.45) is 0 Å². The van der Waals surface area contributed by atoms with Crippen LogP contribution in [0.15, 0.2) is 4.42 Å². The number of anilines is 2. The highest BCUT2D eigenvalue weighted by Gasteiger charge is 2.30. The number of nitrogens with two attached hydrogens (primary N) is 2. The Labute approximate surface area is 111 Å². The minimum atomic E-state index is -1.80. The summed E-state index contributed by atoms with van der Waals surface area (Å²) in [5, 5.41) is -2.05. The highest BCUT2D eigenvalue weighted by atomic mass is 19.2. The SMILES string of the molecule is Nc1c(F)c(F)c2c(oc3c(F)c(F)c(N)c(F)c32)c1F. The standard InChI is InChI=1S/C12H4F6N2O/c13-3-1-2-4(14)9(19)6(16)7(17)11(2)21-12(1)8(18)10(20)5(3)15/h19-20H2. The second-order valence-electron chi connectivity index (χ2n) is 4.22. The number of rotatable bonds is 0. The Morgan fingerprint density at radius 3 is 1.57 bits per heavy atom. The third-order valence-corrected chi connectivity index (χ3v) is 3.08. The predicted molar refractivity (Wildman–Crippen MR) is 62.3 cm³/mol. The molecule has 0 fully saturated rings. The molecule has 0 aliphatic rings. The van der Waals surface area contributed by atoms with E-state index >= 15 is 0 Å². The van der Waals surface area contributed by atoms with Gasteiger partial charge < -0.3 is 15.9 Å². The summed E-state index contributed by atoms with van der Waals surface area (Å²) in [4.78, 5) is 0. The first-order chi connectivity index (χ1) is 9.77.